The molecule has 3 nitrogen and oxygen atoms in total. The van der Waals surface area contributed by atoms with Gasteiger partial charge in [0.05, 0.1) is 0 Å². The number of halogens is 3. The van der Waals surface area contributed by atoms with Gasteiger partial charge in [-0.1, -0.05) is 32.9 Å². The molecule has 0 spiro atoms. The van der Waals surface area contributed by atoms with Gasteiger partial charge in [-0.15, -0.1) is 12.3 Å². The van der Waals surface area contributed by atoms with Crippen LogP contribution in [-0.4, -0.2) is 26.6 Å². The van der Waals surface area contributed by atoms with E-state index in [-0.39, 0.29) is 11.5 Å². The Morgan fingerprint density at radius 2 is 1.88 bits per heavy atom. The van der Waals surface area contributed by atoms with Crippen LogP contribution in [0.3, 0.4) is 0 Å². The summed E-state index contributed by atoms with van der Waals surface area (Å²) >= 11 is 0. The molecular weight excluding hydrogens is 335 g/mol. The molecule has 1 N–H and O–H groups in total. The number of hydrogen-bond acceptors (Lipinski definition) is 2. The lowest BCUT2D eigenvalue weighted by Crippen LogP contribution is -2.51. The van der Waals surface area contributed by atoms with E-state index in [1.165, 1.54) is 0 Å². The van der Waals surface area contributed by atoms with Crippen molar-refractivity contribution in [1.82, 2.24) is 5.32 Å². The monoisotopic (exact) mass is 363 g/mol. The zero-order valence-corrected chi connectivity index (χ0v) is 16.1. The van der Waals surface area contributed by atoms with Gasteiger partial charge in [0.25, 0.3) is 0 Å². The molecule has 0 saturated carbocycles. The van der Waals surface area contributed by atoms with Crippen molar-refractivity contribution in [2.75, 3.05) is 0 Å². The highest BCUT2D eigenvalue weighted by Gasteiger charge is 2.43. The van der Waals surface area contributed by atoms with Crippen LogP contribution in [0.2, 0.25) is 18.1 Å². The average Bonchev–Trinajstić information content (AvgIpc) is 2.39. The van der Waals surface area contributed by atoms with E-state index in [0.717, 1.165) is 12.8 Å². The Morgan fingerprint density at radius 1 is 1.29 bits per heavy atom. The highest BCUT2D eigenvalue weighted by Crippen LogP contribution is 2.37. The number of hydrogen-bond donors (Lipinski definition) is 1. The lowest BCUT2D eigenvalue weighted by Gasteiger charge is -2.39. The summed E-state index contributed by atoms with van der Waals surface area (Å²) in [6.45, 7) is 9.80. The maximum atomic E-state index is 12.5. The van der Waals surface area contributed by atoms with E-state index >= 15 is 0 Å². The van der Waals surface area contributed by atoms with Gasteiger partial charge in [-0.25, -0.2) is 0 Å². The van der Waals surface area contributed by atoms with Crippen LogP contribution in [-0.2, 0) is 9.22 Å². The highest BCUT2D eigenvalue weighted by molar-refractivity contribution is 6.74. The molecule has 1 amide bonds. The summed E-state index contributed by atoms with van der Waals surface area (Å²) in [6.07, 6.45) is 5.20. The smallest absolute Gasteiger partial charge is 0.397 e. The van der Waals surface area contributed by atoms with Crippen LogP contribution >= 0.6 is 0 Å². The van der Waals surface area contributed by atoms with Crippen molar-refractivity contribution in [1.29, 1.82) is 0 Å². The van der Waals surface area contributed by atoms with E-state index in [2.05, 4.69) is 5.92 Å². The Balaban J connectivity index is 4.91. The molecule has 0 aromatic carbocycles. The highest BCUT2D eigenvalue weighted by atomic mass is 28.4. The van der Waals surface area contributed by atoms with Crippen LogP contribution in [0, 0.1) is 12.3 Å². The van der Waals surface area contributed by atoms with Gasteiger partial charge in [0.1, 0.15) is 6.23 Å². The molecule has 0 aliphatic carbocycles. The van der Waals surface area contributed by atoms with Crippen molar-refractivity contribution in [3.63, 3.8) is 0 Å². The van der Waals surface area contributed by atoms with Crippen LogP contribution < -0.4 is 5.32 Å². The Bertz CT molecular complexity index is 474. The first-order valence-electron chi connectivity index (χ1n) is 7.95. The molecule has 0 aliphatic heterocycles. The largest absolute Gasteiger partial charge is 0.471 e. The third-order valence-corrected chi connectivity index (χ3v) is 8.49. The predicted octanol–water partition coefficient (Wildman–Crippen LogP) is 4.76. The van der Waals surface area contributed by atoms with E-state index in [1.807, 2.05) is 45.3 Å². The van der Waals surface area contributed by atoms with Crippen molar-refractivity contribution in [2.24, 2.45) is 0 Å². The first-order chi connectivity index (χ1) is 10.8. The van der Waals surface area contributed by atoms with Crippen molar-refractivity contribution < 1.29 is 22.4 Å². The fraction of sp³-hybridized carbons (Fsp3) is 0.706. The summed E-state index contributed by atoms with van der Waals surface area (Å²) < 4.78 is 43.5. The van der Waals surface area contributed by atoms with Gasteiger partial charge in [-0.05, 0) is 31.0 Å². The first kappa shape index (κ1) is 22.7. The summed E-state index contributed by atoms with van der Waals surface area (Å²) in [5.74, 6) is 0.543. The van der Waals surface area contributed by atoms with Crippen molar-refractivity contribution in [2.45, 2.75) is 77.0 Å². The summed E-state index contributed by atoms with van der Waals surface area (Å²) in [6, 6.07) is 0. The number of amides is 1. The van der Waals surface area contributed by atoms with Gasteiger partial charge in [-0.3, -0.25) is 4.79 Å². The number of nitrogens with one attached hydrogen (secondary N) is 1. The van der Waals surface area contributed by atoms with Crippen LogP contribution in [0.5, 0.6) is 0 Å². The van der Waals surface area contributed by atoms with Crippen LogP contribution in [0.25, 0.3) is 0 Å². The first-order valence-corrected chi connectivity index (χ1v) is 10.9. The number of alkyl halides is 3. The number of rotatable bonds is 8. The van der Waals surface area contributed by atoms with E-state index in [0.29, 0.717) is 6.42 Å². The molecule has 1 atom stereocenters. The molecule has 0 saturated heterocycles. The van der Waals surface area contributed by atoms with E-state index in [4.69, 9.17) is 10.8 Å². The fourth-order valence-corrected chi connectivity index (χ4v) is 2.78. The minimum absolute atomic E-state index is 0.176. The van der Waals surface area contributed by atoms with Crippen LogP contribution in [0.15, 0.2) is 12.2 Å². The summed E-state index contributed by atoms with van der Waals surface area (Å²) in [7, 11) is -2.32. The number of terminal acetylenes is 1. The second kappa shape index (κ2) is 9.28. The second-order valence-corrected chi connectivity index (χ2v) is 11.9. The van der Waals surface area contributed by atoms with Gasteiger partial charge in [0.2, 0.25) is 0 Å². The Morgan fingerprint density at radius 3 is 2.33 bits per heavy atom. The second-order valence-electron chi connectivity index (χ2n) is 7.14. The molecule has 0 heterocycles. The molecule has 0 unspecified atom stereocenters. The molecule has 0 radical (unpaired) electrons. The normalized spacial score (nSPS) is 14.5. The Hall–Kier alpha value is -1.26. The zero-order valence-electron chi connectivity index (χ0n) is 15.1. The van der Waals surface area contributed by atoms with E-state index in [9.17, 15) is 18.0 Å². The molecule has 0 rings (SSSR count). The number of unbranched alkanes of at least 4 members (excludes halogenated alkanes) is 2. The maximum Gasteiger partial charge on any atom is 0.471 e. The SMILES string of the molecule is C#CCCCC=CC[C@H](NC(=O)C(F)(F)F)O[Si](C)(C)C(C)(C)C. The molecule has 7 heteroatoms. The van der Waals surface area contributed by atoms with E-state index in [1.54, 1.807) is 6.08 Å². The Labute approximate surface area is 144 Å². The van der Waals surface area contributed by atoms with Gasteiger partial charge in [-0.2, -0.15) is 13.2 Å². The molecule has 0 fully saturated rings. The molecular formula is C17H28F3NO2Si. The van der Waals surface area contributed by atoms with Crippen molar-refractivity contribution >= 4 is 14.2 Å². The average molecular weight is 363 g/mol. The zero-order chi connectivity index (χ0) is 19.0. The third-order valence-electron chi connectivity index (χ3n) is 4.00. The number of carbonyl (C=O) groups excluding carboxylic acids is 1. The molecule has 24 heavy (non-hydrogen) atoms. The molecule has 0 aromatic rings. The van der Waals surface area contributed by atoms with Gasteiger partial charge in [0, 0.05) is 12.8 Å². The fourth-order valence-electron chi connectivity index (χ4n) is 1.56. The lowest BCUT2D eigenvalue weighted by atomic mass is 10.2. The van der Waals surface area contributed by atoms with Crippen LogP contribution in [0.1, 0.15) is 46.5 Å². The number of carbonyl (C=O) groups is 1. The maximum absolute atomic E-state index is 12.5. The standard InChI is InChI=1S/C17H28F3NO2Si/c1-7-8-9-10-11-12-13-14(21-15(22)17(18,19)20)23-24(5,6)16(2,3)4/h1,11-12,14H,8-10,13H2,2-6H3,(H,21,22)/t14-/m1/s1. The third kappa shape index (κ3) is 8.55. The van der Waals surface area contributed by atoms with Gasteiger partial charge < -0.3 is 9.74 Å². The lowest BCUT2D eigenvalue weighted by molar-refractivity contribution is -0.176. The summed E-state index contributed by atoms with van der Waals surface area (Å²) in [4.78, 5) is 11.2. The summed E-state index contributed by atoms with van der Waals surface area (Å²) in [5.41, 5.74) is 0. The van der Waals surface area contributed by atoms with Crippen LogP contribution in [0.4, 0.5) is 13.2 Å². The molecule has 138 valence electrons. The van der Waals surface area contributed by atoms with Gasteiger partial charge >= 0.3 is 12.1 Å². The van der Waals surface area contributed by atoms with Crippen molar-refractivity contribution in [3.05, 3.63) is 12.2 Å². The number of allylic oxidation sites excluding steroid dienone is 1. The predicted molar refractivity (Wildman–Crippen MR) is 92.7 cm³/mol. The van der Waals surface area contributed by atoms with Gasteiger partial charge in [0.15, 0.2) is 8.32 Å². The minimum atomic E-state index is -4.93. The molecule has 0 aromatic heterocycles. The van der Waals surface area contributed by atoms with E-state index < -0.39 is 26.6 Å². The molecule has 0 bridgehead atoms. The Kier molecular flexibility index (Phi) is 8.79. The topological polar surface area (TPSA) is 38.3 Å². The summed E-state index contributed by atoms with van der Waals surface area (Å²) in [5, 5.41) is 1.78. The molecule has 0 aliphatic rings. The quantitative estimate of drug-likeness (QED) is 0.222. The van der Waals surface area contributed by atoms with Crippen molar-refractivity contribution in [3.8, 4) is 12.3 Å². The minimum Gasteiger partial charge on any atom is -0.397 e.